The first kappa shape index (κ1) is 23.6. The molecule has 1 fully saturated rings. The Morgan fingerprint density at radius 3 is 2.11 bits per heavy atom. The van der Waals surface area contributed by atoms with Gasteiger partial charge in [0, 0.05) is 50.6 Å². The highest BCUT2D eigenvalue weighted by atomic mass is 16.5. The third-order valence-electron chi connectivity index (χ3n) is 7.49. The zero-order chi connectivity index (χ0) is 24.2. The summed E-state index contributed by atoms with van der Waals surface area (Å²) in [5, 5.41) is 11.7. The van der Waals surface area contributed by atoms with Gasteiger partial charge in [-0.2, -0.15) is 0 Å². The van der Waals surface area contributed by atoms with Crippen LogP contribution in [0, 0.1) is 0 Å². The molecule has 3 aromatic carbocycles. The van der Waals surface area contributed by atoms with Gasteiger partial charge in [-0.1, -0.05) is 66.7 Å². The lowest BCUT2D eigenvalue weighted by atomic mass is 9.83. The second-order valence-electron chi connectivity index (χ2n) is 9.67. The molecule has 182 valence electrons. The van der Waals surface area contributed by atoms with Crippen LogP contribution in [-0.4, -0.2) is 53.1 Å². The van der Waals surface area contributed by atoms with Gasteiger partial charge < -0.3 is 14.7 Å². The van der Waals surface area contributed by atoms with Crippen LogP contribution >= 0.6 is 0 Å². The predicted octanol–water partition coefficient (Wildman–Crippen LogP) is 4.76. The maximum atomic E-state index is 11.7. The van der Waals surface area contributed by atoms with Gasteiger partial charge in [0.15, 0.2) is 0 Å². The van der Waals surface area contributed by atoms with E-state index in [0.717, 1.165) is 67.0 Å². The van der Waals surface area contributed by atoms with Crippen LogP contribution in [-0.2, 0) is 11.3 Å². The monoisotopic (exact) mass is 470 g/mol. The largest absolute Gasteiger partial charge is 0.492 e. The van der Waals surface area contributed by atoms with E-state index in [2.05, 4.69) is 35.2 Å². The van der Waals surface area contributed by atoms with E-state index < -0.39 is 6.10 Å². The van der Waals surface area contributed by atoms with E-state index in [-0.39, 0.29) is 11.8 Å². The van der Waals surface area contributed by atoms with Gasteiger partial charge in [-0.25, -0.2) is 0 Å². The number of fused-ring (bicyclic) bond motifs is 1. The summed E-state index contributed by atoms with van der Waals surface area (Å²) in [6, 6.07) is 27.0. The Morgan fingerprint density at radius 1 is 0.886 bits per heavy atom. The molecule has 1 saturated heterocycles. The summed E-state index contributed by atoms with van der Waals surface area (Å²) in [5.74, 6) is 0.910. The highest BCUT2D eigenvalue weighted by Gasteiger charge is 2.29. The summed E-state index contributed by atoms with van der Waals surface area (Å²) in [7, 11) is 0. The quantitative estimate of drug-likeness (QED) is 0.584. The number of likely N-dealkylation sites (tertiary alicyclic amines) is 1. The Bertz CT molecular complexity index is 1090. The number of carbonyl (C=O) groups excluding carboxylic acids is 1. The topological polar surface area (TPSA) is 53.0 Å². The fourth-order valence-electron chi connectivity index (χ4n) is 5.55. The van der Waals surface area contributed by atoms with Crippen LogP contribution in [0.1, 0.15) is 54.0 Å². The van der Waals surface area contributed by atoms with Crippen LogP contribution < -0.4 is 4.74 Å². The number of rotatable bonds is 5. The van der Waals surface area contributed by atoms with Crippen LogP contribution in [0.3, 0.4) is 0 Å². The number of benzene rings is 3. The van der Waals surface area contributed by atoms with E-state index in [1.165, 1.54) is 0 Å². The smallest absolute Gasteiger partial charge is 0.219 e. The maximum absolute atomic E-state index is 11.7. The van der Waals surface area contributed by atoms with Crippen molar-refractivity contribution in [3.63, 3.8) is 0 Å². The fraction of sp³-hybridized carbons (Fsp3) is 0.367. The number of nitrogens with zero attached hydrogens (tertiary/aromatic N) is 2. The van der Waals surface area contributed by atoms with Gasteiger partial charge in [-0.05, 0) is 41.7 Å². The lowest BCUT2D eigenvalue weighted by Gasteiger charge is -2.37. The van der Waals surface area contributed by atoms with Crippen molar-refractivity contribution in [1.29, 1.82) is 0 Å². The molecule has 0 saturated carbocycles. The van der Waals surface area contributed by atoms with Crippen LogP contribution in [0.25, 0.3) is 0 Å². The molecule has 5 rings (SSSR count). The molecule has 2 aliphatic rings. The van der Waals surface area contributed by atoms with Crippen molar-refractivity contribution >= 4 is 5.91 Å². The van der Waals surface area contributed by atoms with Gasteiger partial charge in [-0.3, -0.25) is 9.69 Å². The van der Waals surface area contributed by atoms with Crippen molar-refractivity contribution in [2.45, 2.75) is 44.4 Å². The number of piperidine rings is 1. The number of aliphatic hydroxyl groups excluding tert-OH is 1. The van der Waals surface area contributed by atoms with Crippen LogP contribution in [0.5, 0.6) is 5.75 Å². The summed E-state index contributed by atoms with van der Waals surface area (Å²) < 4.78 is 6.11. The average molecular weight is 471 g/mol. The summed E-state index contributed by atoms with van der Waals surface area (Å²) in [5.41, 5.74) is 4.21. The van der Waals surface area contributed by atoms with Crippen LogP contribution in [0.15, 0.2) is 78.9 Å². The summed E-state index contributed by atoms with van der Waals surface area (Å²) >= 11 is 0. The number of hydrogen-bond acceptors (Lipinski definition) is 4. The lowest BCUT2D eigenvalue weighted by molar-refractivity contribution is -0.130. The molecule has 0 bridgehead atoms. The van der Waals surface area contributed by atoms with E-state index in [4.69, 9.17) is 4.74 Å². The summed E-state index contributed by atoms with van der Waals surface area (Å²) in [6.45, 7) is 5.60. The molecule has 5 nitrogen and oxygen atoms in total. The molecule has 35 heavy (non-hydrogen) atoms. The first-order valence-electron chi connectivity index (χ1n) is 12.6. The van der Waals surface area contributed by atoms with Gasteiger partial charge in [-0.15, -0.1) is 0 Å². The third-order valence-corrected chi connectivity index (χ3v) is 7.49. The SMILES string of the molecule is CC(=O)N1CCC(N2CCOc3ccc(C(O)C(c4ccccc4)c4ccccc4)cc3C2)CC1. The molecule has 5 heteroatoms. The van der Waals surface area contributed by atoms with E-state index in [1.807, 2.05) is 53.4 Å². The maximum Gasteiger partial charge on any atom is 0.219 e. The van der Waals surface area contributed by atoms with E-state index >= 15 is 0 Å². The Morgan fingerprint density at radius 2 is 1.51 bits per heavy atom. The molecule has 1 unspecified atom stereocenters. The van der Waals surface area contributed by atoms with Crippen molar-refractivity contribution in [3.05, 3.63) is 101 Å². The van der Waals surface area contributed by atoms with Crippen LogP contribution in [0.2, 0.25) is 0 Å². The molecule has 0 spiro atoms. The zero-order valence-electron chi connectivity index (χ0n) is 20.3. The molecule has 0 radical (unpaired) electrons. The molecular weight excluding hydrogens is 436 g/mol. The molecule has 1 atom stereocenters. The Balaban J connectivity index is 1.40. The Kier molecular flexibility index (Phi) is 7.16. The third kappa shape index (κ3) is 5.26. The molecule has 1 amide bonds. The highest BCUT2D eigenvalue weighted by Crippen LogP contribution is 2.38. The van der Waals surface area contributed by atoms with Gasteiger partial charge in [0.05, 0.1) is 6.10 Å². The number of aliphatic hydroxyl groups is 1. The molecule has 0 aromatic heterocycles. The average Bonchev–Trinajstić information content (AvgIpc) is 3.12. The number of carbonyl (C=O) groups is 1. The molecule has 3 aromatic rings. The minimum Gasteiger partial charge on any atom is -0.492 e. The molecule has 2 aliphatic heterocycles. The second-order valence-corrected chi connectivity index (χ2v) is 9.67. The van der Waals surface area contributed by atoms with Gasteiger partial charge >= 0.3 is 0 Å². The van der Waals surface area contributed by atoms with Gasteiger partial charge in [0.25, 0.3) is 0 Å². The van der Waals surface area contributed by atoms with Crippen molar-refractivity contribution < 1.29 is 14.6 Å². The minimum absolute atomic E-state index is 0.158. The van der Waals surface area contributed by atoms with Gasteiger partial charge in [0.2, 0.25) is 5.91 Å². The minimum atomic E-state index is -0.680. The first-order valence-corrected chi connectivity index (χ1v) is 12.6. The highest BCUT2D eigenvalue weighted by molar-refractivity contribution is 5.73. The number of hydrogen-bond donors (Lipinski definition) is 1. The molecular formula is C30H34N2O3. The van der Waals surface area contributed by atoms with Crippen LogP contribution in [0.4, 0.5) is 0 Å². The molecule has 1 N–H and O–H groups in total. The van der Waals surface area contributed by atoms with Crippen molar-refractivity contribution in [3.8, 4) is 5.75 Å². The molecule has 0 aliphatic carbocycles. The van der Waals surface area contributed by atoms with Crippen molar-refractivity contribution in [1.82, 2.24) is 9.80 Å². The lowest BCUT2D eigenvalue weighted by Crippen LogP contribution is -2.46. The van der Waals surface area contributed by atoms with E-state index in [0.29, 0.717) is 12.6 Å². The van der Waals surface area contributed by atoms with Crippen molar-refractivity contribution in [2.75, 3.05) is 26.2 Å². The number of ether oxygens (including phenoxy) is 1. The standard InChI is InChI=1S/C30H34N2O3/c1-22(33)31-16-14-27(15-17-31)32-18-19-35-28-13-12-25(20-26(28)21-32)30(34)29(23-8-4-2-5-9-23)24-10-6-3-7-11-24/h2-13,20,27,29-30,34H,14-19,21H2,1H3. The second kappa shape index (κ2) is 10.6. The van der Waals surface area contributed by atoms with E-state index in [1.54, 1.807) is 6.92 Å². The first-order chi connectivity index (χ1) is 17.1. The normalized spacial score (nSPS) is 18.0. The number of amides is 1. The van der Waals surface area contributed by atoms with Crippen molar-refractivity contribution in [2.24, 2.45) is 0 Å². The van der Waals surface area contributed by atoms with Gasteiger partial charge in [0.1, 0.15) is 12.4 Å². The summed E-state index contributed by atoms with van der Waals surface area (Å²) in [6.07, 6.45) is 1.29. The van der Waals surface area contributed by atoms with E-state index in [9.17, 15) is 9.90 Å². The molecule has 2 heterocycles. The zero-order valence-corrected chi connectivity index (χ0v) is 20.3. The fourth-order valence-corrected chi connectivity index (χ4v) is 5.55. The Labute approximate surface area is 208 Å². The predicted molar refractivity (Wildman–Crippen MR) is 137 cm³/mol. The Hall–Kier alpha value is -3.15. The summed E-state index contributed by atoms with van der Waals surface area (Å²) in [4.78, 5) is 16.2.